The highest BCUT2D eigenvalue weighted by Gasteiger charge is 2.46. The molecule has 1 atom stereocenters. The molecule has 0 aliphatic carbocycles. The molecule has 1 aromatic heterocycles. The molecular formula is C21H23NO4. The zero-order valence-electron chi connectivity index (χ0n) is 15.7. The van der Waals surface area contributed by atoms with Crippen molar-refractivity contribution in [1.29, 1.82) is 0 Å². The number of Topliss-reactive ketones (excluding diaryl/α,β-unsaturated/α-hetero) is 1. The highest BCUT2D eigenvalue weighted by Crippen LogP contribution is 2.42. The third-order valence-electron chi connectivity index (χ3n) is 4.80. The lowest BCUT2D eigenvalue weighted by Crippen LogP contribution is -2.31. The molecule has 2 aromatic rings. The first-order valence-corrected chi connectivity index (χ1v) is 8.66. The summed E-state index contributed by atoms with van der Waals surface area (Å²) in [5.74, 6) is -0.561. The van der Waals surface area contributed by atoms with E-state index in [0.29, 0.717) is 17.2 Å². The molecule has 3 rings (SSSR count). The Balaban J connectivity index is 2.19. The maximum Gasteiger partial charge on any atom is 0.294 e. The Morgan fingerprint density at radius 2 is 1.81 bits per heavy atom. The molecule has 0 spiro atoms. The van der Waals surface area contributed by atoms with Crippen LogP contribution >= 0.6 is 0 Å². The Hall–Kier alpha value is -2.82. The average molecular weight is 353 g/mol. The van der Waals surface area contributed by atoms with Crippen molar-refractivity contribution in [3.05, 3.63) is 64.3 Å². The van der Waals surface area contributed by atoms with Gasteiger partial charge in [0.25, 0.3) is 5.91 Å². The molecule has 136 valence electrons. The second-order valence-corrected chi connectivity index (χ2v) is 7.08. The minimum Gasteiger partial charge on any atom is -0.503 e. The van der Waals surface area contributed by atoms with Crippen LogP contribution in [0.25, 0.3) is 0 Å². The van der Waals surface area contributed by atoms with Gasteiger partial charge in [0.2, 0.25) is 0 Å². The van der Waals surface area contributed by atoms with Gasteiger partial charge in [-0.15, -0.1) is 0 Å². The van der Waals surface area contributed by atoms with Crippen molar-refractivity contribution in [2.45, 2.75) is 40.7 Å². The third kappa shape index (κ3) is 2.83. The fraction of sp³-hybridized carbons (Fsp3) is 0.333. The highest BCUT2D eigenvalue weighted by atomic mass is 16.3. The molecule has 0 saturated heterocycles. The maximum atomic E-state index is 12.9. The number of hydrogen-bond acceptors (Lipinski definition) is 4. The van der Waals surface area contributed by atoms with E-state index in [1.807, 2.05) is 32.0 Å². The Morgan fingerprint density at radius 1 is 1.12 bits per heavy atom. The number of benzene rings is 1. The summed E-state index contributed by atoms with van der Waals surface area (Å²) in [7, 11) is 0. The van der Waals surface area contributed by atoms with E-state index in [2.05, 4.69) is 0 Å². The number of amides is 1. The molecule has 1 aliphatic heterocycles. The third-order valence-corrected chi connectivity index (χ3v) is 4.80. The molecule has 5 nitrogen and oxygen atoms in total. The van der Waals surface area contributed by atoms with Crippen LogP contribution in [0.1, 0.15) is 42.5 Å². The summed E-state index contributed by atoms with van der Waals surface area (Å²) in [6.07, 6.45) is 0. The summed E-state index contributed by atoms with van der Waals surface area (Å²) >= 11 is 0. The van der Waals surface area contributed by atoms with E-state index in [9.17, 15) is 14.7 Å². The number of aliphatic hydroxyl groups is 1. The van der Waals surface area contributed by atoms with Gasteiger partial charge in [-0.05, 0) is 56.2 Å². The Labute approximate surface area is 152 Å². The number of carbonyl (C=O) groups is 2. The van der Waals surface area contributed by atoms with Crippen LogP contribution in [0.4, 0.5) is 5.69 Å². The molecule has 0 bridgehead atoms. The van der Waals surface area contributed by atoms with Crippen molar-refractivity contribution in [3.63, 3.8) is 0 Å². The van der Waals surface area contributed by atoms with Gasteiger partial charge < -0.3 is 9.52 Å². The normalized spacial score (nSPS) is 17.5. The van der Waals surface area contributed by atoms with Crippen LogP contribution in [0, 0.1) is 26.7 Å². The Bertz CT molecular complexity index is 920. The fourth-order valence-electron chi connectivity index (χ4n) is 3.18. The molecule has 5 heteroatoms. The van der Waals surface area contributed by atoms with Gasteiger partial charge in [-0.2, -0.15) is 0 Å². The van der Waals surface area contributed by atoms with Gasteiger partial charge in [0.1, 0.15) is 17.6 Å². The van der Waals surface area contributed by atoms with Crippen molar-refractivity contribution in [1.82, 2.24) is 0 Å². The monoisotopic (exact) mass is 353 g/mol. The van der Waals surface area contributed by atoms with Crippen LogP contribution in [0.5, 0.6) is 0 Å². The molecule has 1 N–H and O–H groups in total. The summed E-state index contributed by atoms with van der Waals surface area (Å²) in [4.78, 5) is 27.0. The Morgan fingerprint density at radius 3 is 2.35 bits per heavy atom. The van der Waals surface area contributed by atoms with E-state index >= 15 is 0 Å². The van der Waals surface area contributed by atoms with Gasteiger partial charge >= 0.3 is 0 Å². The van der Waals surface area contributed by atoms with Crippen LogP contribution in [0.3, 0.4) is 0 Å². The van der Waals surface area contributed by atoms with Gasteiger partial charge in [-0.25, -0.2) is 0 Å². The number of aliphatic hydroxyl groups excluding tert-OH is 1. The van der Waals surface area contributed by atoms with Crippen LogP contribution in [-0.2, 0) is 9.59 Å². The molecule has 0 saturated carbocycles. The predicted octanol–water partition coefficient (Wildman–Crippen LogP) is 4.33. The molecular weight excluding hydrogens is 330 g/mol. The number of furan rings is 1. The van der Waals surface area contributed by atoms with Crippen molar-refractivity contribution >= 4 is 17.4 Å². The van der Waals surface area contributed by atoms with Gasteiger partial charge in [-0.3, -0.25) is 14.5 Å². The zero-order valence-corrected chi connectivity index (χ0v) is 15.7. The molecule has 26 heavy (non-hydrogen) atoms. The summed E-state index contributed by atoms with van der Waals surface area (Å²) in [6.45, 7) is 9.24. The molecule has 2 heterocycles. The molecule has 0 fully saturated rings. The first-order chi connectivity index (χ1) is 12.2. The number of ketones is 1. The minimum atomic E-state index is -0.770. The van der Waals surface area contributed by atoms with Crippen LogP contribution in [0.15, 0.2) is 46.1 Å². The number of aryl methyl sites for hydroxylation is 3. The van der Waals surface area contributed by atoms with Gasteiger partial charge in [0.15, 0.2) is 11.5 Å². The van der Waals surface area contributed by atoms with Crippen molar-refractivity contribution < 1.29 is 19.1 Å². The summed E-state index contributed by atoms with van der Waals surface area (Å²) in [5.41, 5.74) is 2.84. The van der Waals surface area contributed by atoms with E-state index < -0.39 is 17.7 Å². The second kappa shape index (κ2) is 6.48. The maximum absolute atomic E-state index is 12.9. The van der Waals surface area contributed by atoms with Crippen LogP contribution in [0.2, 0.25) is 0 Å². The minimum absolute atomic E-state index is 0.0950. The standard InChI is InChI=1S/C21H23NO4/c1-11(2)19(23)17-18(16-9-7-14(5)26-16)22(21(25)20(17)24)15-8-6-12(3)13(4)10-15/h6-11,18,24H,1-5H3. The highest BCUT2D eigenvalue weighted by molar-refractivity contribution is 6.16. The molecule has 1 amide bonds. The van der Waals surface area contributed by atoms with Crippen molar-refractivity contribution in [2.24, 2.45) is 5.92 Å². The van der Waals surface area contributed by atoms with E-state index in [4.69, 9.17) is 4.42 Å². The summed E-state index contributed by atoms with van der Waals surface area (Å²) in [6, 6.07) is 8.37. The molecule has 0 radical (unpaired) electrons. The SMILES string of the molecule is Cc1ccc(C2C(C(=O)C(C)C)=C(O)C(=O)N2c2ccc(C)c(C)c2)o1. The number of hydrogen-bond donors (Lipinski definition) is 1. The van der Waals surface area contributed by atoms with E-state index in [1.54, 1.807) is 32.9 Å². The number of nitrogens with zero attached hydrogens (tertiary/aromatic N) is 1. The van der Waals surface area contributed by atoms with Crippen molar-refractivity contribution in [3.8, 4) is 0 Å². The number of carbonyl (C=O) groups excluding carboxylic acids is 2. The summed E-state index contributed by atoms with van der Waals surface area (Å²) < 4.78 is 5.74. The molecule has 1 aromatic carbocycles. The van der Waals surface area contributed by atoms with Gasteiger partial charge in [0.05, 0.1) is 5.57 Å². The zero-order chi connectivity index (χ0) is 19.2. The topological polar surface area (TPSA) is 70.8 Å². The lowest BCUT2D eigenvalue weighted by atomic mass is 9.94. The van der Waals surface area contributed by atoms with E-state index in [0.717, 1.165) is 11.1 Å². The van der Waals surface area contributed by atoms with Crippen molar-refractivity contribution in [2.75, 3.05) is 4.90 Å². The van der Waals surface area contributed by atoms with Gasteiger partial charge in [-0.1, -0.05) is 19.9 Å². The Kier molecular flexibility index (Phi) is 4.48. The number of anilines is 1. The number of rotatable bonds is 4. The fourth-order valence-corrected chi connectivity index (χ4v) is 3.18. The summed E-state index contributed by atoms with van der Waals surface area (Å²) in [5, 5.41) is 10.5. The van der Waals surface area contributed by atoms with E-state index in [1.165, 1.54) is 4.90 Å². The molecule has 1 aliphatic rings. The van der Waals surface area contributed by atoms with Gasteiger partial charge in [0, 0.05) is 11.6 Å². The van der Waals surface area contributed by atoms with E-state index in [-0.39, 0.29) is 17.3 Å². The second-order valence-electron chi connectivity index (χ2n) is 7.08. The lowest BCUT2D eigenvalue weighted by Gasteiger charge is -2.26. The van der Waals surface area contributed by atoms with Crippen LogP contribution < -0.4 is 4.90 Å². The first-order valence-electron chi connectivity index (χ1n) is 8.66. The first kappa shape index (κ1) is 18.0. The van der Waals surface area contributed by atoms with Crippen LogP contribution in [-0.4, -0.2) is 16.8 Å². The lowest BCUT2D eigenvalue weighted by molar-refractivity contribution is -0.119. The smallest absolute Gasteiger partial charge is 0.294 e. The average Bonchev–Trinajstić information content (AvgIpc) is 3.12. The molecule has 1 unspecified atom stereocenters. The quantitative estimate of drug-likeness (QED) is 0.888. The largest absolute Gasteiger partial charge is 0.503 e. The predicted molar refractivity (Wildman–Crippen MR) is 99.1 cm³/mol.